The van der Waals surface area contributed by atoms with Crippen molar-refractivity contribution in [3.05, 3.63) is 29.7 Å². The molecule has 1 aromatic rings. The van der Waals surface area contributed by atoms with Crippen molar-refractivity contribution in [1.29, 1.82) is 0 Å². The standard InChI is InChI=1S/C14H19BO4/c1-13(2)14(3,4)19-15(18-13)11-8-6-10(7-9-11)12(16)17-5/h6-9H,1-5H3/i5D3,6D,7D,8D,9D. The summed E-state index contributed by atoms with van der Waals surface area (Å²) in [6.07, 6.45) is 0. The molecule has 0 unspecified atom stereocenters. The van der Waals surface area contributed by atoms with E-state index in [1.165, 1.54) is 0 Å². The molecule has 102 valence electrons. The van der Waals surface area contributed by atoms with Gasteiger partial charge >= 0.3 is 13.1 Å². The van der Waals surface area contributed by atoms with E-state index in [1.54, 1.807) is 27.7 Å². The second-order valence-electron chi connectivity index (χ2n) is 5.27. The first kappa shape index (κ1) is 7.46. The van der Waals surface area contributed by atoms with Crippen molar-refractivity contribution < 1.29 is 28.4 Å². The molecule has 1 aliphatic rings. The van der Waals surface area contributed by atoms with Crippen molar-refractivity contribution >= 4 is 18.6 Å². The van der Waals surface area contributed by atoms with Crippen LogP contribution >= 0.6 is 0 Å². The number of ether oxygens (including phenoxy) is 1. The van der Waals surface area contributed by atoms with Gasteiger partial charge in [-0.3, -0.25) is 0 Å². The Kier molecular flexibility index (Phi) is 1.83. The van der Waals surface area contributed by atoms with Crippen LogP contribution in [0.3, 0.4) is 0 Å². The van der Waals surface area contributed by atoms with Gasteiger partial charge in [-0.25, -0.2) is 4.79 Å². The Hall–Kier alpha value is -1.33. The maximum Gasteiger partial charge on any atom is 0.494 e. The average Bonchev–Trinajstić information content (AvgIpc) is 2.63. The monoisotopic (exact) mass is 269 g/mol. The Labute approximate surface area is 124 Å². The van der Waals surface area contributed by atoms with Gasteiger partial charge in [0.05, 0.1) is 33.4 Å². The van der Waals surface area contributed by atoms with Crippen LogP contribution in [0.15, 0.2) is 24.2 Å². The smallest absolute Gasteiger partial charge is 0.465 e. The molecule has 19 heavy (non-hydrogen) atoms. The molecule has 0 atom stereocenters. The fourth-order valence-electron chi connectivity index (χ4n) is 1.55. The average molecular weight is 269 g/mol. The molecule has 2 rings (SSSR count). The van der Waals surface area contributed by atoms with Gasteiger partial charge in [-0.05, 0) is 45.2 Å². The van der Waals surface area contributed by atoms with Crippen molar-refractivity contribution in [2.24, 2.45) is 0 Å². The summed E-state index contributed by atoms with van der Waals surface area (Å²) in [7, 11) is -4.23. The van der Waals surface area contributed by atoms with E-state index in [0.29, 0.717) is 0 Å². The van der Waals surface area contributed by atoms with Gasteiger partial charge in [0.1, 0.15) is 0 Å². The van der Waals surface area contributed by atoms with Crippen LogP contribution in [-0.4, -0.2) is 31.3 Å². The van der Waals surface area contributed by atoms with Crippen molar-refractivity contribution in [2.45, 2.75) is 38.9 Å². The number of benzene rings is 1. The highest BCUT2D eigenvalue weighted by Crippen LogP contribution is 2.36. The van der Waals surface area contributed by atoms with Crippen LogP contribution < -0.4 is 5.46 Å². The Morgan fingerprint density at radius 2 is 1.74 bits per heavy atom. The molecule has 1 aromatic carbocycles. The van der Waals surface area contributed by atoms with E-state index < -0.39 is 61.1 Å². The fraction of sp³-hybridized carbons (Fsp3) is 0.500. The molecule has 0 aliphatic carbocycles. The van der Waals surface area contributed by atoms with Crippen LogP contribution in [0.1, 0.15) is 47.6 Å². The number of methoxy groups -OCH3 is 1. The second kappa shape index (κ2) is 4.65. The van der Waals surface area contributed by atoms with Gasteiger partial charge in [-0.1, -0.05) is 12.1 Å². The maximum absolute atomic E-state index is 12.0. The second-order valence-corrected chi connectivity index (χ2v) is 5.27. The van der Waals surface area contributed by atoms with E-state index in [-0.39, 0.29) is 5.46 Å². The van der Waals surface area contributed by atoms with E-state index in [4.69, 9.17) is 18.9 Å². The van der Waals surface area contributed by atoms with Gasteiger partial charge < -0.3 is 14.0 Å². The lowest BCUT2D eigenvalue weighted by Gasteiger charge is -2.32. The maximum atomic E-state index is 12.0. The summed E-state index contributed by atoms with van der Waals surface area (Å²) in [5, 5.41) is 0. The van der Waals surface area contributed by atoms with Crippen LogP contribution in [-0.2, 0) is 14.0 Å². The minimum atomic E-state index is -3.06. The summed E-state index contributed by atoms with van der Waals surface area (Å²) < 4.78 is 68.9. The molecule has 0 amide bonds. The topological polar surface area (TPSA) is 44.8 Å². The molecule has 0 aromatic heterocycles. The Morgan fingerprint density at radius 1 is 1.21 bits per heavy atom. The predicted octanol–water partition coefficient (Wildman–Crippen LogP) is 1.77. The van der Waals surface area contributed by atoms with Crippen molar-refractivity contribution in [3.8, 4) is 0 Å². The molecule has 1 heterocycles. The summed E-state index contributed by atoms with van der Waals surface area (Å²) in [5.74, 6) is -1.46. The van der Waals surface area contributed by atoms with Gasteiger partial charge in [0.15, 0.2) is 0 Å². The van der Waals surface area contributed by atoms with Crippen LogP contribution in [0.5, 0.6) is 0 Å². The van der Waals surface area contributed by atoms with Crippen molar-refractivity contribution in [2.75, 3.05) is 7.04 Å². The fourth-order valence-corrected chi connectivity index (χ4v) is 1.55. The van der Waals surface area contributed by atoms with E-state index in [0.717, 1.165) is 0 Å². The van der Waals surface area contributed by atoms with Gasteiger partial charge in [0, 0.05) is 0 Å². The third kappa shape index (κ3) is 2.53. The molecule has 1 aliphatic heterocycles. The number of carbonyl (C=O) groups is 1. The quantitative estimate of drug-likeness (QED) is 0.606. The highest BCUT2D eigenvalue weighted by Gasteiger charge is 2.51. The third-order valence-electron chi connectivity index (χ3n) is 3.43. The van der Waals surface area contributed by atoms with Gasteiger partial charge in [0.2, 0.25) is 0 Å². The summed E-state index contributed by atoms with van der Waals surface area (Å²) >= 11 is 0. The lowest BCUT2D eigenvalue weighted by atomic mass is 9.79. The molecule has 0 radical (unpaired) electrons. The first-order chi connectivity index (χ1) is 11.6. The van der Waals surface area contributed by atoms with Gasteiger partial charge in [0.25, 0.3) is 0 Å². The minimum absolute atomic E-state index is 0.163. The zero-order chi connectivity index (χ0) is 20.2. The number of hydrogen-bond acceptors (Lipinski definition) is 4. The number of esters is 1. The first-order valence-corrected chi connectivity index (χ1v) is 5.78. The normalized spacial score (nSPS) is 26.3. The molecule has 5 heteroatoms. The molecule has 1 saturated heterocycles. The molecule has 0 spiro atoms. The number of hydrogen-bond donors (Lipinski definition) is 0. The van der Waals surface area contributed by atoms with Gasteiger partial charge in [-0.15, -0.1) is 0 Å². The predicted molar refractivity (Wildman–Crippen MR) is 73.5 cm³/mol. The SMILES string of the molecule is [2H]c1c([2H])c(C(=O)OC([2H])([2H])[2H])c([2H])c([2H])c1B1OC(C)(C)C(C)(C)O1. The zero-order valence-electron chi connectivity index (χ0n) is 18.2. The summed E-state index contributed by atoms with van der Waals surface area (Å²) in [6, 6.07) is -2.54. The van der Waals surface area contributed by atoms with E-state index >= 15 is 0 Å². The first-order valence-electron chi connectivity index (χ1n) is 9.28. The van der Waals surface area contributed by atoms with Crippen molar-refractivity contribution in [1.82, 2.24) is 0 Å². The molecule has 0 saturated carbocycles. The molecule has 1 fully saturated rings. The Bertz CT molecular complexity index is 716. The third-order valence-corrected chi connectivity index (χ3v) is 3.43. The highest BCUT2D eigenvalue weighted by molar-refractivity contribution is 6.62. The number of rotatable bonds is 2. The molecule has 4 nitrogen and oxygen atoms in total. The zero-order valence-corrected chi connectivity index (χ0v) is 11.2. The van der Waals surface area contributed by atoms with Crippen LogP contribution in [0.2, 0.25) is 0 Å². The Balaban J connectivity index is 2.55. The lowest BCUT2D eigenvalue weighted by Crippen LogP contribution is -2.41. The Morgan fingerprint density at radius 3 is 2.21 bits per heavy atom. The number of carbonyl (C=O) groups excluding carboxylic acids is 1. The summed E-state index contributed by atoms with van der Waals surface area (Å²) in [6.45, 7) is 7.08. The van der Waals surface area contributed by atoms with E-state index in [2.05, 4.69) is 4.74 Å². The van der Waals surface area contributed by atoms with E-state index in [9.17, 15) is 4.79 Å². The molecule has 0 bridgehead atoms. The highest BCUT2D eigenvalue weighted by atomic mass is 16.7. The molecular formula is C14H19BO4. The minimum Gasteiger partial charge on any atom is -0.465 e. The van der Waals surface area contributed by atoms with Crippen LogP contribution in [0.25, 0.3) is 0 Å². The van der Waals surface area contributed by atoms with E-state index in [1.807, 2.05) is 0 Å². The van der Waals surface area contributed by atoms with Gasteiger partial charge in [-0.2, -0.15) is 0 Å². The molecular weight excluding hydrogens is 243 g/mol. The van der Waals surface area contributed by atoms with Crippen LogP contribution in [0, 0.1) is 0 Å². The van der Waals surface area contributed by atoms with Crippen LogP contribution in [0.4, 0.5) is 0 Å². The largest absolute Gasteiger partial charge is 0.494 e. The lowest BCUT2D eigenvalue weighted by molar-refractivity contribution is 0.00578. The summed E-state index contributed by atoms with van der Waals surface area (Å²) in [4.78, 5) is 12.0. The van der Waals surface area contributed by atoms with Crippen molar-refractivity contribution in [3.63, 3.8) is 0 Å². The molecule has 0 N–H and O–H groups in total. The summed E-state index contributed by atoms with van der Waals surface area (Å²) in [5.41, 5.74) is -2.44.